The van der Waals surface area contributed by atoms with Gasteiger partial charge in [-0.1, -0.05) is 0 Å². The smallest absolute Gasteiger partial charge is 0.225 e. The van der Waals surface area contributed by atoms with Gasteiger partial charge in [-0.3, -0.25) is 4.79 Å². The van der Waals surface area contributed by atoms with Crippen LogP contribution in [0.15, 0.2) is 0 Å². The Morgan fingerprint density at radius 1 is 1.41 bits per heavy atom. The normalized spacial score (nSPS) is 18.6. The van der Waals surface area contributed by atoms with Crippen LogP contribution in [-0.4, -0.2) is 60.1 Å². The monoisotopic (exact) mass is 242 g/mol. The van der Waals surface area contributed by atoms with Crippen LogP contribution in [0.25, 0.3) is 0 Å². The summed E-state index contributed by atoms with van der Waals surface area (Å²) in [6, 6.07) is 0.287. The fourth-order valence-electron chi connectivity index (χ4n) is 2.24. The summed E-state index contributed by atoms with van der Waals surface area (Å²) in [5.41, 5.74) is 0. The summed E-state index contributed by atoms with van der Waals surface area (Å²) in [7, 11) is 1.89. The van der Waals surface area contributed by atoms with Gasteiger partial charge in [0, 0.05) is 32.2 Å². The fourth-order valence-corrected chi connectivity index (χ4v) is 2.24. The van der Waals surface area contributed by atoms with E-state index in [1.54, 1.807) is 0 Å². The van der Waals surface area contributed by atoms with Crippen LogP contribution in [0.2, 0.25) is 0 Å². The Morgan fingerprint density at radius 3 is 2.47 bits per heavy atom. The molecule has 1 amide bonds. The molecular formula is C13H26N2O2. The molecule has 0 radical (unpaired) electrons. The Labute approximate surface area is 105 Å². The minimum atomic E-state index is 0.202. The van der Waals surface area contributed by atoms with Crippen LogP contribution in [0.4, 0.5) is 0 Å². The molecule has 0 aromatic rings. The van der Waals surface area contributed by atoms with Gasteiger partial charge in [-0.15, -0.1) is 0 Å². The lowest BCUT2D eigenvalue weighted by Crippen LogP contribution is -2.43. The molecule has 1 aliphatic rings. The molecule has 0 aliphatic carbocycles. The zero-order valence-corrected chi connectivity index (χ0v) is 11.4. The number of hydrogen-bond acceptors (Lipinski definition) is 3. The van der Waals surface area contributed by atoms with Crippen molar-refractivity contribution in [3.63, 3.8) is 0 Å². The van der Waals surface area contributed by atoms with Crippen molar-refractivity contribution < 1.29 is 9.90 Å². The third kappa shape index (κ3) is 4.28. The van der Waals surface area contributed by atoms with E-state index in [2.05, 4.69) is 4.90 Å². The molecule has 0 aromatic carbocycles. The molecule has 0 aromatic heterocycles. The van der Waals surface area contributed by atoms with Gasteiger partial charge in [-0.2, -0.15) is 0 Å². The fraction of sp³-hybridized carbons (Fsp3) is 0.923. The number of carbonyl (C=O) groups excluding carboxylic acids is 1. The maximum atomic E-state index is 12.1. The Hall–Kier alpha value is -0.610. The summed E-state index contributed by atoms with van der Waals surface area (Å²) in [5, 5.41) is 8.78. The number of nitrogens with zero attached hydrogens (tertiary/aromatic N) is 2. The lowest BCUT2D eigenvalue weighted by atomic mass is 9.95. The molecule has 4 heteroatoms. The summed E-state index contributed by atoms with van der Waals surface area (Å²) >= 11 is 0. The first-order valence-corrected chi connectivity index (χ1v) is 6.66. The molecule has 1 heterocycles. The van der Waals surface area contributed by atoms with Gasteiger partial charge in [0.1, 0.15) is 0 Å². The Bertz CT molecular complexity index is 236. The zero-order valence-electron chi connectivity index (χ0n) is 11.4. The first-order valence-electron chi connectivity index (χ1n) is 6.66. The van der Waals surface area contributed by atoms with Gasteiger partial charge in [-0.25, -0.2) is 0 Å². The number of hydrogen-bond donors (Lipinski definition) is 1. The highest BCUT2D eigenvalue weighted by molar-refractivity contribution is 5.78. The second-order valence-corrected chi connectivity index (χ2v) is 5.24. The summed E-state index contributed by atoms with van der Waals surface area (Å²) in [5.74, 6) is 0.495. The quantitative estimate of drug-likeness (QED) is 0.780. The zero-order chi connectivity index (χ0) is 12.8. The highest BCUT2D eigenvalue weighted by Crippen LogP contribution is 2.20. The molecule has 0 atom stereocenters. The predicted octanol–water partition coefficient (Wildman–Crippen LogP) is 0.948. The maximum Gasteiger partial charge on any atom is 0.225 e. The van der Waals surface area contributed by atoms with Gasteiger partial charge >= 0.3 is 0 Å². The molecule has 100 valence electrons. The molecule has 0 bridgehead atoms. The maximum absolute atomic E-state index is 12.1. The average molecular weight is 242 g/mol. The highest BCUT2D eigenvalue weighted by Gasteiger charge is 2.27. The number of aliphatic hydroxyl groups excluding tert-OH is 1. The van der Waals surface area contributed by atoms with E-state index in [-0.39, 0.29) is 18.6 Å². The molecule has 0 saturated carbocycles. The molecular weight excluding hydrogens is 216 g/mol. The Balaban J connectivity index is 2.33. The number of likely N-dealkylation sites (tertiary alicyclic amines) is 1. The van der Waals surface area contributed by atoms with Gasteiger partial charge in [0.05, 0.1) is 0 Å². The first kappa shape index (κ1) is 14.5. The van der Waals surface area contributed by atoms with Crippen molar-refractivity contribution >= 4 is 5.91 Å². The first-order chi connectivity index (χ1) is 8.06. The van der Waals surface area contributed by atoms with E-state index in [9.17, 15) is 4.79 Å². The largest absolute Gasteiger partial charge is 0.396 e. The summed E-state index contributed by atoms with van der Waals surface area (Å²) in [6.07, 6.45) is 2.76. The van der Waals surface area contributed by atoms with E-state index in [0.29, 0.717) is 5.91 Å². The molecule has 1 N–H and O–H groups in total. The molecule has 1 saturated heterocycles. The second-order valence-electron chi connectivity index (χ2n) is 5.24. The van der Waals surface area contributed by atoms with Crippen molar-refractivity contribution in [3.05, 3.63) is 0 Å². The van der Waals surface area contributed by atoms with E-state index in [4.69, 9.17) is 5.11 Å². The van der Waals surface area contributed by atoms with Gasteiger partial charge in [0.15, 0.2) is 0 Å². The molecule has 1 rings (SSSR count). The van der Waals surface area contributed by atoms with E-state index in [0.717, 1.165) is 38.9 Å². The number of rotatable bonds is 5. The molecule has 0 unspecified atom stereocenters. The second kappa shape index (κ2) is 6.97. The van der Waals surface area contributed by atoms with Crippen molar-refractivity contribution in [2.24, 2.45) is 5.92 Å². The minimum Gasteiger partial charge on any atom is -0.396 e. The van der Waals surface area contributed by atoms with Crippen molar-refractivity contribution in [1.82, 2.24) is 9.80 Å². The van der Waals surface area contributed by atoms with Crippen LogP contribution >= 0.6 is 0 Å². The number of carbonyl (C=O) groups is 1. The Kier molecular flexibility index (Phi) is 5.92. The number of aliphatic hydroxyl groups is 1. The van der Waals surface area contributed by atoms with Crippen molar-refractivity contribution in [2.45, 2.75) is 39.2 Å². The summed E-state index contributed by atoms with van der Waals surface area (Å²) in [4.78, 5) is 16.3. The Morgan fingerprint density at radius 2 is 2.00 bits per heavy atom. The predicted molar refractivity (Wildman–Crippen MR) is 68.8 cm³/mol. The van der Waals surface area contributed by atoms with Crippen LogP contribution in [-0.2, 0) is 4.79 Å². The van der Waals surface area contributed by atoms with Crippen LogP contribution in [0, 0.1) is 5.92 Å². The molecule has 0 spiro atoms. The van der Waals surface area contributed by atoms with Crippen molar-refractivity contribution in [1.29, 1.82) is 0 Å². The highest BCUT2D eigenvalue weighted by atomic mass is 16.3. The number of amides is 1. The third-order valence-electron chi connectivity index (χ3n) is 3.69. The summed E-state index contributed by atoms with van der Waals surface area (Å²) in [6.45, 7) is 7.29. The lowest BCUT2D eigenvalue weighted by molar-refractivity contribution is -0.137. The van der Waals surface area contributed by atoms with E-state index >= 15 is 0 Å². The average Bonchev–Trinajstić information content (AvgIpc) is 2.35. The van der Waals surface area contributed by atoms with Crippen LogP contribution in [0.5, 0.6) is 0 Å². The van der Waals surface area contributed by atoms with Crippen LogP contribution in [0.3, 0.4) is 0 Å². The van der Waals surface area contributed by atoms with E-state index in [1.807, 2.05) is 25.8 Å². The van der Waals surface area contributed by atoms with Crippen LogP contribution in [0.1, 0.15) is 33.1 Å². The van der Waals surface area contributed by atoms with Gasteiger partial charge in [0.25, 0.3) is 0 Å². The summed E-state index contributed by atoms with van der Waals surface area (Å²) < 4.78 is 0. The van der Waals surface area contributed by atoms with Gasteiger partial charge in [0.2, 0.25) is 5.91 Å². The van der Waals surface area contributed by atoms with E-state index in [1.165, 1.54) is 0 Å². The third-order valence-corrected chi connectivity index (χ3v) is 3.69. The van der Waals surface area contributed by atoms with Crippen molar-refractivity contribution in [3.8, 4) is 0 Å². The topological polar surface area (TPSA) is 43.8 Å². The van der Waals surface area contributed by atoms with E-state index < -0.39 is 0 Å². The minimum absolute atomic E-state index is 0.202. The van der Waals surface area contributed by atoms with Gasteiger partial charge < -0.3 is 14.9 Å². The molecule has 1 fully saturated rings. The van der Waals surface area contributed by atoms with Crippen molar-refractivity contribution in [2.75, 3.05) is 33.3 Å². The number of piperidine rings is 1. The molecule has 1 aliphatic heterocycles. The van der Waals surface area contributed by atoms with Crippen LogP contribution < -0.4 is 0 Å². The lowest BCUT2D eigenvalue weighted by Gasteiger charge is -2.34. The molecule has 17 heavy (non-hydrogen) atoms. The van der Waals surface area contributed by atoms with Gasteiger partial charge in [-0.05, 0) is 46.2 Å². The molecule has 4 nitrogen and oxygen atoms in total. The SMILES string of the molecule is CC(C)N(C)C(=O)C1CCN(CCCO)CC1. The standard InChI is InChI=1S/C13H26N2O2/c1-11(2)14(3)13(17)12-5-8-15(9-6-12)7-4-10-16/h11-12,16H,4-10H2,1-3H3.